The fourth-order valence-corrected chi connectivity index (χ4v) is 2.79. The topological polar surface area (TPSA) is 59.0 Å². The minimum absolute atomic E-state index is 0.153. The number of hydrogen-bond donors (Lipinski definition) is 1. The maximum Gasteiger partial charge on any atom is 0.312 e. The maximum atomic E-state index is 12.0. The van der Waals surface area contributed by atoms with Gasteiger partial charge in [0.25, 0.3) is 0 Å². The molecule has 1 aromatic carbocycles. The van der Waals surface area contributed by atoms with Crippen molar-refractivity contribution in [3.8, 4) is 11.5 Å². The molecule has 0 spiro atoms. The first-order valence-corrected chi connectivity index (χ1v) is 7.36. The summed E-state index contributed by atoms with van der Waals surface area (Å²) >= 11 is 0. The van der Waals surface area contributed by atoms with Gasteiger partial charge in [-0.3, -0.25) is 4.79 Å². The monoisotopic (exact) mass is 293 g/mol. The summed E-state index contributed by atoms with van der Waals surface area (Å²) < 4.78 is 10.6. The van der Waals surface area contributed by atoms with Crippen LogP contribution in [0.4, 0.5) is 0 Å². The van der Waals surface area contributed by atoms with E-state index in [0.29, 0.717) is 5.75 Å². The normalized spacial score (nSPS) is 20.2. The van der Waals surface area contributed by atoms with Crippen molar-refractivity contribution in [1.29, 1.82) is 0 Å². The lowest BCUT2D eigenvalue weighted by Gasteiger charge is -2.22. The zero-order valence-electron chi connectivity index (χ0n) is 12.6. The fourth-order valence-electron chi connectivity index (χ4n) is 2.79. The van der Waals surface area contributed by atoms with Crippen LogP contribution in [0.2, 0.25) is 0 Å². The third kappa shape index (κ3) is 4.11. The summed E-state index contributed by atoms with van der Waals surface area (Å²) in [6.45, 7) is 5.31. The number of nitrogens with zero attached hydrogens (tertiary/aromatic N) is 1. The van der Waals surface area contributed by atoms with Crippen LogP contribution in [0.1, 0.15) is 13.3 Å². The third-order valence-corrected chi connectivity index (χ3v) is 4.08. The predicted molar refractivity (Wildman–Crippen MR) is 79.3 cm³/mol. The number of methoxy groups -OCH3 is 1. The summed E-state index contributed by atoms with van der Waals surface area (Å²) in [5, 5.41) is 9.43. The van der Waals surface area contributed by atoms with E-state index in [4.69, 9.17) is 9.47 Å². The molecule has 2 atom stereocenters. The zero-order valence-corrected chi connectivity index (χ0v) is 12.6. The number of ether oxygens (including phenoxy) is 2. The average Bonchev–Trinajstić information content (AvgIpc) is 2.96. The number of phenolic OH excluding ortho intramolecular Hbond substituents is 1. The molecule has 2 rings (SSSR count). The molecule has 0 bridgehead atoms. The van der Waals surface area contributed by atoms with Gasteiger partial charge in [0.15, 0.2) is 0 Å². The molecule has 0 amide bonds. The molecule has 1 aliphatic rings. The van der Waals surface area contributed by atoms with Crippen molar-refractivity contribution in [3.05, 3.63) is 24.3 Å². The predicted octanol–water partition coefficient (Wildman–Crippen LogP) is 1.90. The van der Waals surface area contributed by atoms with Gasteiger partial charge in [0.05, 0.1) is 13.0 Å². The first kappa shape index (κ1) is 15.6. The first-order chi connectivity index (χ1) is 10.1. The lowest BCUT2D eigenvalue weighted by Crippen LogP contribution is -2.32. The van der Waals surface area contributed by atoms with Gasteiger partial charge in [-0.05, 0) is 37.6 Å². The number of carbonyl (C=O) groups is 1. The Balaban J connectivity index is 1.98. The molecule has 5 heteroatoms. The number of esters is 1. The summed E-state index contributed by atoms with van der Waals surface area (Å²) in [7, 11) is 1.41. The van der Waals surface area contributed by atoms with Crippen LogP contribution in [0.25, 0.3) is 0 Å². The van der Waals surface area contributed by atoms with Gasteiger partial charge in [-0.1, -0.05) is 13.0 Å². The standard InChI is InChI=1S/C16H23NO4/c1-3-17-8-7-12(10-17)15(16(19)20-2)11-21-14-6-4-5-13(18)9-14/h4-6,9,12,15,18H,3,7-8,10-11H2,1-2H3. The van der Waals surface area contributed by atoms with Crippen molar-refractivity contribution in [3.63, 3.8) is 0 Å². The van der Waals surface area contributed by atoms with Gasteiger partial charge in [0.1, 0.15) is 18.1 Å². The molecular weight excluding hydrogens is 270 g/mol. The summed E-state index contributed by atoms with van der Waals surface area (Å²) in [5.41, 5.74) is 0. The average molecular weight is 293 g/mol. The van der Waals surface area contributed by atoms with E-state index in [1.54, 1.807) is 24.3 Å². The minimum atomic E-state index is -0.270. The second-order valence-corrected chi connectivity index (χ2v) is 5.38. The Bertz CT molecular complexity index is 477. The Kier molecular flexibility index (Phi) is 5.44. The third-order valence-electron chi connectivity index (χ3n) is 4.08. The van der Waals surface area contributed by atoms with E-state index in [2.05, 4.69) is 11.8 Å². The van der Waals surface area contributed by atoms with Crippen LogP contribution in [0.15, 0.2) is 24.3 Å². The number of likely N-dealkylation sites (tertiary alicyclic amines) is 1. The van der Waals surface area contributed by atoms with E-state index < -0.39 is 0 Å². The van der Waals surface area contributed by atoms with Crippen LogP contribution >= 0.6 is 0 Å². The fraction of sp³-hybridized carbons (Fsp3) is 0.562. The Morgan fingerprint density at radius 3 is 2.95 bits per heavy atom. The molecule has 21 heavy (non-hydrogen) atoms. The van der Waals surface area contributed by atoms with Crippen molar-refractivity contribution < 1.29 is 19.4 Å². The summed E-state index contributed by atoms with van der Waals surface area (Å²) in [6, 6.07) is 6.61. The van der Waals surface area contributed by atoms with Crippen LogP contribution in [-0.2, 0) is 9.53 Å². The van der Waals surface area contributed by atoms with Gasteiger partial charge in [-0.2, -0.15) is 0 Å². The van der Waals surface area contributed by atoms with Gasteiger partial charge in [-0.25, -0.2) is 0 Å². The number of aromatic hydroxyl groups is 1. The van der Waals surface area contributed by atoms with Crippen LogP contribution in [0, 0.1) is 11.8 Å². The van der Waals surface area contributed by atoms with E-state index in [9.17, 15) is 9.90 Å². The maximum absolute atomic E-state index is 12.0. The molecule has 0 aliphatic carbocycles. The van der Waals surface area contributed by atoms with Crippen molar-refractivity contribution in [2.24, 2.45) is 11.8 Å². The Hall–Kier alpha value is -1.75. The van der Waals surface area contributed by atoms with E-state index in [-0.39, 0.29) is 30.2 Å². The van der Waals surface area contributed by atoms with Crippen molar-refractivity contribution in [1.82, 2.24) is 4.90 Å². The van der Waals surface area contributed by atoms with Gasteiger partial charge >= 0.3 is 5.97 Å². The van der Waals surface area contributed by atoms with Gasteiger partial charge in [0.2, 0.25) is 0 Å². The van der Waals surface area contributed by atoms with E-state index in [0.717, 1.165) is 26.1 Å². The lowest BCUT2D eigenvalue weighted by atomic mass is 9.92. The SMILES string of the molecule is CCN1CCC(C(COc2cccc(O)c2)C(=O)OC)C1. The molecule has 1 saturated heterocycles. The van der Waals surface area contributed by atoms with Crippen LogP contribution < -0.4 is 4.74 Å². The van der Waals surface area contributed by atoms with Crippen LogP contribution in [0.3, 0.4) is 0 Å². The van der Waals surface area contributed by atoms with Crippen molar-refractivity contribution >= 4 is 5.97 Å². The molecular formula is C16H23NO4. The highest BCUT2D eigenvalue weighted by Gasteiger charge is 2.34. The summed E-state index contributed by atoms with van der Waals surface area (Å²) in [4.78, 5) is 14.3. The first-order valence-electron chi connectivity index (χ1n) is 7.36. The quantitative estimate of drug-likeness (QED) is 0.812. The number of benzene rings is 1. The second-order valence-electron chi connectivity index (χ2n) is 5.38. The molecule has 2 unspecified atom stereocenters. The summed E-state index contributed by atoms with van der Waals surface area (Å²) in [6.07, 6.45) is 0.983. The highest BCUT2D eigenvalue weighted by atomic mass is 16.5. The molecule has 0 radical (unpaired) electrons. The van der Waals surface area contributed by atoms with Crippen molar-refractivity contribution in [2.75, 3.05) is 33.4 Å². The molecule has 1 aliphatic heterocycles. The van der Waals surface area contributed by atoms with Crippen molar-refractivity contribution in [2.45, 2.75) is 13.3 Å². The molecule has 116 valence electrons. The number of phenols is 1. The lowest BCUT2D eigenvalue weighted by molar-refractivity contribution is -0.148. The molecule has 1 fully saturated rings. The van der Waals surface area contributed by atoms with E-state index in [1.165, 1.54) is 7.11 Å². The van der Waals surface area contributed by atoms with Crippen LogP contribution in [-0.4, -0.2) is 49.3 Å². The van der Waals surface area contributed by atoms with Crippen LogP contribution in [0.5, 0.6) is 11.5 Å². The number of rotatable bonds is 6. The molecule has 1 aromatic rings. The zero-order chi connectivity index (χ0) is 15.2. The molecule has 1 heterocycles. The second kappa shape index (κ2) is 7.31. The number of hydrogen-bond acceptors (Lipinski definition) is 5. The molecule has 0 aromatic heterocycles. The largest absolute Gasteiger partial charge is 0.508 e. The Labute approximate surface area is 125 Å². The molecule has 1 N–H and O–H groups in total. The Morgan fingerprint density at radius 2 is 2.33 bits per heavy atom. The van der Waals surface area contributed by atoms with E-state index >= 15 is 0 Å². The molecule has 5 nitrogen and oxygen atoms in total. The summed E-state index contributed by atoms with van der Waals surface area (Å²) in [5.74, 6) is 0.483. The van der Waals surface area contributed by atoms with Gasteiger partial charge in [0, 0.05) is 12.6 Å². The Morgan fingerprint density at radius 1 is 1.52 bits per heavy atom. The minimum Gasteiger partial charge on any atom is -0.508 e. The van der Waals surface area contributed by atoms with Gasteiger partial charge in [-0.15, -0.1) is 0 Å². The highest BCUT2D eigenvalue weighted by Crippen LogP contribution is 2.27. The smallest absolute Gasteiger partial charge is 0.312 e. The number of carbonyl (C=O) groups excluding carboxylic acids is 1. The highest BCUT2D eigenvalue weighted by molar-refractivity contribution is 5.73. The molecule has 0 saturated carbocycles. The van der Waals surface area contributed by atoms with Gasteiger partial charge < -0.3 is 19.5 Å². The van der Waals surface area contributed by atoms with E-state index in [1.807, 2.05) is 0 Å².